The van der Waals surface area contributed by atoms with Crippen LogP contribution >= 0.6 is 0 Å². The summed E-state index contributed by atoms with van der Waals surface area (Å²) in [6, 6.07) is 65.5. The van der Waals surface area contributed by atoms with Crippen LogP contribution in [-0.4, -0.2) is 24.1 Å². The van der Waals surface area contributed by atoms with Gasteiger partial charge in [0.1, 0.15) is 11.2 Å². The lowest BCUT2D eigenvalue weighted by molar-refractivity contribution is 0.669. The Bertz CT molecular complexity index is 3430. The number of hydrogen-bond acceptors (Lipinski definition) is 4. The van der Waals surface area contributed by atoms with E-state index in [4.69, 9.17) is 19.4 Å². The maximum absolute atomic E-state index is 6.44. The van der Waals surface area contributed by atoms with E-state index in [1.807, 2.05) is 66.7 Å². The molecule has 0 bridgehead atoms. The largest absolute Gasteiger partial charge is 0.456 e. The third-order valence-electron chi connectivity index (χ3n) is 11.2. The van der Waals surface area contributed by atoms with Crippen molar-refractivity contribution in [2.24, 2.45) is 0 Å². The summed E-state index contributed by atoms with van der Waals surface area (Å²) in [5.41, 5.74) is 11.3. The quantitative estimate of drug-likeness (QED) is 0.177. The lowest BCUT2D eigenvalue weighted by atomic mass is 10.0. The molecule has 0 fully saturated rings. The van der Waals surface area contributed by atoms with Gasteiger partial charge in [0.25, 0.3) is 0 Å². The molecule has 0 aliphatic heterocycles. The molecule has 0 amide bonds. The van der Waals surface area contributed by atoms with Gasteiger partial charge in [0.15, 0.2) is 17.5 Å². The molecular formula is C51H31N5O. The summed E-state index contributed by atoms with van der Waals surface area (Å²) in [6.07, 6.45) is 0. The first-order chi connectivity index (χ1) is 28.3. The van der Waals surface area contributed by atoms with Crippen LogP contribution in [0.25, 0.3) is 111 Å². The molecule has 0 unspecified atom stereocenters. The van der Waals surface area contributed by atoms with E-state index in [0.29, 0.717) is 17.5 Å². The fourth-order valence-corrected chi connectivity index (χ4v) is 8.68. The summed E-state index contributed by atoms with van der Waals surface area (Å²) in [7, 11) is 0. The molecule has 0 saturated heterocycles. The highest BCUT2D eigenvalue weighted by atomic mass is 16.3. The Hall–Kier alpha value is -7.83. The molecule has 0 atom stereocenters. The summed E-state index contributed by atoms with van der Waals surface area (Å²) < 4.78 is 11.2. The van der Waals surface area contributed by atoms with Gasteiger partial charge in [-0.25, -0.2) is 15.0 Å². The van der Waals surface area contributed by atoms with Crippen LogP contribution in [0.4, 0.5) is 0 Å². The molecule has 12 aromatic rings. The van der Waals surface area contributed by atoms with Gasteiger partial charge >= 0.3 is 0 Å². The molecule has 12 rings (SSSR count). The second-order valence-electron chi connectivity index (χ2n) is 14.4. The van der Waals surface area contributed by atoms with Crippen LogP contribution in [0.3, 0.4) is 0 Å². The molecule has 8 aromatic carbocycles. The normalized spacial score (nSPS) is 11.9. The number of hydrogen-bond donors (Lipinski definition) is 0. The van der Waals surface area contributed by atoms with Gasteiger partial charge in [0, 0.05) is 55.0 Å². The number of nitrogens with zero attached hydrogens (tertiary/aromatic N) is 5. The van der Waals surface area contributed by atoms with E-state index in [-0.39, 0.29) is 0 Å². The van der Waals surface area contributed by atoms with Crippen molar-refractivity contribution in [3.8, 4) is 45.5 Å². The van der Waals surface area contributed by atoms with Gasteiger partial charge in [-0.05, 0) is 72.8 Å². The lowest BCUT2D eigenvalue weighted by Crippen LogP contribution is -2.00. The van der Waals surface area contributed by atoms with Crippen molar-refractivity contribution in [2.75, 3.05) is 0 Å². The summed E-state index contributed by atoms with van der Waals surface area (Å²) >= 11 is 0. The molecule has 0 aliphatic carbocycles. The Morgan fingerprint density at radius 3 is 1.49 bits per heavy atom. The van der Waals surface area contributed by atoms with E-state index in [1.54, 1.807) is 0 Å². The van der Waals surface area contributed by atoms with Crippen LogP contribution in [0, 0.1) is 0 Å². The minimum Gasteiger partial charge on any atom is -0.456 e. The first-order valence-corrected chi connectivity index (χ1v) is 19.1. The molecule has 0 N–H and O–H groups in total. The first-order valence-electron chi connectivity index (χ1n) is 19.1. The fraction of sp³-hybridized carbons (Fsp3) is 0. The van der Waals surface area contributed by atoms with E-state index in [0.717, 1.165) is 72.1 Å². The molecule has 0 spiro atoms. The van der Waals surface area contributed by atoms with Gasteiger partial charge < -0.3 is 13.6 Å². The Morgan fingerprint density at radius 1 is 0.316 bits per heavy atom. The number of rotatable bonds is 5. The number of fused-ring (bicyclic) bond motifs is 11. The van der Waals surface area contributed by atoms with Crippen molar-refractivity contribution < 1.29 is 4.42 Å². The van der Waals surface area contributed by atoms with Gasteiger partial charge in [-0.15, -0.1) is 0 Å². The molecule has 4 heterocycles. The van der Waals surface area contributed by atoms with Crippen molar-refractivity contribution in [1.29, 1.82) is 0 Å². The number of benzene rings is 8. The summed E-state index contributed by atoms with van der Waals surface area (Å²) in [5, 5.41) is 7.06. The topological polar surface area (TPSA) is 61.7 Å². The first kappa shape index (κ1) is 31.5. The standard InChI is InChI=1S/C51H31N5O/c1-4-14-32(15-5-1)49-52-50(33-16-6-2-7-17-33)54-51(53-49)34-24-26-36(27-25-34)55-40-22-12-10-20-37(40)45-41(55)29-30-42-46(45)39-28-31-44-47(38-21-11-13-23-43(38)57-44)48(39)56(42)35-18-8-3-9-19-35/h1-31H. The molecule has 0 aliphatic rings. The maximum Gasteiger partial charge on any atom is 0.164 e. The van der Waals surface area contributed by atoms with Crippen molar-refractivity contribution in [3.63, 3.8) is 0 Å². The van der Waals surface area contributed by atoms with Gasteiger partial charge in [-0.1, -0.05) is 115 Å². The van der Waals surface area contributed by atoms with Gasteiger partial charge in [-0.2, -0.15) is 0 Å². The maximum atomic E-state index is 6.44. The highest BCUT2D eigenvalue weighted by Gasteiger charge is 2.23. The fourth-order valence-electron chi connectivity index (χ4n) is 8.68. The third kappa shape index (κ3) is 4.81. The molecule has 0 saturated carbocycles. The summed E-state index contributed by atoms with van der Waals surface area (Å²) in [5.74, 6) is 1.92. The lowest BCUT2D eigenvalue weighted by Gasteiger charge is -2.11. The monoisotopic (exact) mass is 729 g/mol. The molecular weight excluding hydrogens is 699 g/mol. The van der Waals surface area contributed by atoms with E-state index in [2.05, 4.69) is 130 Å². The highest BCUT2D eigenvalue weighted by Crippen LogP contribution is 2.46. The molecule has 4 aromatic heterocycles. The zero-order valence-corrected chi connectivity index (χ0v) is 30.5. The summed E-state index contributed by atoms with van der Waals surface area (Å²) in [4.78, 5) is 14.8. The van der Waals surface area contributed by atoms with Crippen LogP contribution in [-0.2, 0) is 0 Å². The Morgan fingerprint density at radius 2 is 0.825 bits per heavy atom. The van der Waals surface area contributed by atoms with Crippen LogP contribution in [0.5, 0.6) is 0 Å². The van der Waals surface area contributed by atoms with Gasteiger partial charge in [-0.3, -0.25) is 0 Å². The number of furan rings is 1. The summed E-state index contributed by atoms with van der Waals surface area (Å²) in [6.45, 7) is 0. The van der Waals surface area contributed by atoms with E-state index in [1.165, 1.54) is 21.5 Å². The molecule has 6 heteroatoms. The Balaban J connectivity index is 1.09. The predicted octanol–water partition coefficient (Wildman–Crippen LogP) is 13.0. The average molecular weight is 730 g/mol. The van der Waals surface area contributed by atoms with Crippen LogP contribution < -0.4 is 0 Å². The van der Waals surface area contributed by atoms with Crippen molar-refractivity contribution in [2.45, 2.75) is 0 Å². The van der Waals surface area contributed by atoms with Crippen molar-refractivity contribution in [3.05, 3.63) is 188 Å². The smallest absolute Gasteiger partial charge is 0.164 e. The zero-order chi connectivity index (χ0) is 37.5. The third-order valence-corrected chi connectivity index (χ3v) is 11.2. The van der Waals surface area contributed by atoms with E-state index >= 15 is 0 Å². The zero-order valence-electron chi connectivity index (χ0n) is 30.5. The van der Waals surface area contributed by atoms with Gasteiger partial charge in [0.05, 0.1) is 27.5 Å². The minimum absolute atomic E-state index is 0.630. The van der Waals surface area contributed by atoms with Crippen LogP contribution in [0.1, 0.15) is 0 Å². The Kier molecular flexibility index (Phi) is 6.83. The van der Waals surface area contributed by atoms with Crippen molar-refractivity contribution in [1.82, 2.24) is 24.1 Å². The van der Waals surface area contributed by atoms with E-state index in [9.17, 15) is 0 Å². The second kappa shape index (κ2) is 12.3. The molecule has 266 valence electrons. The number of para-hydroxylation sites is 3. The van der Waals surface area contributed by atoms with E-state index < -0.39 is 0 Å². The van der Waals surface area contributed by atoms with Crippen LogP contribution in [0.15, 0.2) is 192 Å². The molecule has 6 nitrogen and oxygen atoms in total. The minimum atomic E-state index is 0.630. The number of aromatic nitrogens is 5. The average Bonchev–Trinajstić information content (AvgIpc) is 3.95. The molecule has 57 heavy (non-hydrogen) atoms. The highest BCUT2D eigenvalue weighted by molar-refractivity contribution is 6.33. The molecule has 0 radical (unpaired) electrons. The SMILES string of the molecule is c1ccc(-c2nc(-c3ccccc3)nc(-c3ccc(-n4c5ccccc5c5c6c7ccc8oc9ccccc9c8c7n(-c7ccccc7)c6ccc54)cc3)n2)cc1. The second-order valence-corrected chi connectivity index (χ2v) is 14.4. The van der Waals surface area contributed by atoms with Crippen molar-refractivity contribution >= 4 is 65.6 Å². The van der Waals surface area contributed by atoms with Crippen LogP contribution in [0.2, 0.25) is 0 Å². The predicted molar refractivity (Wildman–Crippen MR) is 232 cm³/mol. The Labute approximate surface area is 326 Å². The van der Waals surface area contributed by atoms with Gasteiger partial charge in [0.2, 0.25) is 0 Å².